The Kier molecular flexibility index (Phi) is 5.42. The Bertz CT molecular complexity index is 3550. The number of carbonyl (C=O) groups is 1. The van der Waals surface area contributed by atoms with Gasteiger partial charge in [0.05, 0.1) is 33.6 Å². The molecule has 0 fully saturated rings. The molecule has 0 bridgehead atoms. The molecule has 282 valence electrons. The first-order chi connectivity index (χ1) is 29.5. The van der Waals surface area contributed by atoms with Crippen molar-refractivity contribution >= 4 is 55.5 Å². The van der Waals surface area contributed by atoms with Gasteiger partial charge in [0.25, 0.3) is 0 Å². The van der Waals surface area contributed by atoms with Gasteiger partial charge in [-0.25, -0.2) is 4.99 Å². The Labute approximate surface area is 342 Å². The number of pyridine rings is 2. The van der Waals surface area contributed by atoms with Crippen molar-refractivity contribution in [2.75, 3.05) is 16.0 Å². The smallest absolute Gasteiger partial charge is 0.201 e. The summed E-state index contributed by atoms with van der Waals surface area (Å²) >= 11 is 0. The lowest BCUT2D eigenvalue weighted by Crippen LogP contribution is -2.45. The second-order valence-corrected chi connectivity index (χ2v) is 17.2. The average molecular weight is 773 g/mol. The first-order valence-corrected chi connectivity index (χ1v) is 20.8. The van der Waals surface area contributed by atoms with Gasteiger partial charge in [0, 0.05) is 78.7 Å². The molecule has 2 unspecified atom stereocenters. The van der Waals surface area contributed by atoms with Gasteiger partial charge >= 0.3 is 0 Å². The second-order valence-electron chi connectivity index (χ2n) is 17.2. The Balaban J connectivity index is 1.02. The van der Waals surface area contributed by atoms with Gasteiger partial charge in [0.1, 0.15) is 5.76 Å². The number of hydrogen-bond donors (Lipinski definition) is 4. The standard InChI is InChI=1S/C52H32N6O2/c59-49-41(31-23-27-15-13-25-17-19-37-43(39(25)27)47(31)57-51(55-37)33-9-3-1-7-29(33)45-35(51)11-5-21-53-45)50(60)42(49)32-24-28-16-14-26-18-20-38-44(40(26)28)48(32)58-52(56-38)34-10-4-2-8-30(34)46-36(52)12-6-22-54-46/h1-12,17-24,55-57,59H,13-16H2. The van der Waals surface area contributed by atoms with Crippen LogP contribution in [-0.4, -0.2) is 20.9 Å². The van der Waals surface area contributed by atoms with Gasteiger partial charge in [-0.15, -0.1) is 0 Å². The predicted molar refractivity (Wildman–Crippen MR) is 233 cm³/mol. The van der Waals surface area contributed by atoms with Gasteiger partial charge in [0.2, 0.25) is 5.78 Å². The number of allylic oxidation sites excluding steroid dienone is 2. The van der Waals surface area contributed by atoms with Crippen molar-refractivity contribution in [1.82, 2.24) is 9.97 Å². The van der Waals surface area contributed by atoms with Crippen molar-refractivity contribution in [2.24, 2.45) is 4.99 Å². The minimum Gasteiger partial charge on any atom is -0.506 e. The molecule has 8 heteroatoms. The molecule has 0 amide bonds. The van der Waals surface area contributed by atoms with Crippen LogP contribution in [0.25, 0.3) is 55.2 Å². The van der Waals surface area contributed by atoms with Crippen LogP contribution in [0.15, 0.2) is 132 Å². The summed E-state index contributed by atoms with van der Waals surface area (Å²) in [6.07, 6.45) is 7.25. The lowest BCUT2D eigenvalue weighted by Gasteiger charge is -2.41. The Hall–Kier alpha value is -7.58. The Morgan fingerprint density at radius 2 is 1.15 bits per heavy atom. The predicted octanol–water partition coefficient (Wildman–Crippen LogP) is 8.33. The van der Waals surface area contributed by atoms with Crippen LogP contribution in [0.5, 0.6) is 0 Å². The van der Waals surface area contributed by atoms with Crippen molar-refractivity contribution in [3.63, 3.8) is 0 Å². The third-order valence-corrected chi connectivity index (χ3v) is 14.5. The molecule has 8 aromatic rings. The van der Waals surface area contributed by atoms with Gasteiger partial charge < -0.3 is 21.1 Å². The molecular formula is C52H32N6O2. The summed E-state index contributed by atoms with van der Waals surface area (Å²) < 4.78 is 0. The van der Waals surface area contributed by atoms with Crippen molar-refractivity contribution in [2.45, 2.75) is 37.0 Å². The average Bonchev–Trinajstić information content (AvgIpc) is 4.04. The quantitative estimate of drug-likeness (QED) is 0.133. The first-order valence-electron chi connectivity index (χ1n) is 20.8. The van der Waals surface area contributed by atoms with Crippen molar-refractivity contribution in [3.05, 3.63) is 188 Å². The zero-order valence-corrected chi connectivity index (χ0v) is 32.1. The van der Waals surface area contributed by atoms with Crippen LogP contribution in [0.1, 0.15) is 50.1 Å². The summed E-state index contributed by atoms with van der Waals surface area (Å²) in [4.78, 5) is 30.7. The van der Waals surface area contributed by atoms with E-state index in [1.54, 1.807) is 0 Å². The number of hydrogen-bond acceptors (Lipinski definition) is 8. The normalized spacial score (nSPS) is 22.0. The van der Waals surface area contributed by atoms with Crippen LogP contribution in [0.2, 0.25) is 0 Å². The molecular weight excluding hydrogens is 741 g/mol. The van der Waals surface area contributed by atoms with Crippen LogP contribution in [-0.2, 0) is 41.8 Å². The molecule has 2 atom stereocenters. The van der Waals surface area contributed by atoms with Gasteiger partial charge in [-0.1, -0.05) is 72.8 Å². The summed E-state index contributed by atoms with van der Waals surface area (Å²) in [5, 5.41) is 30.3. The summed E-state index contributed by atoms with van der Waals surface area (Å²) in [5.41, 5.74) is 15.3. The molecule has 4 N–H and O–H groups in total. The summed E-state index contributed by atoms with van der Waals surface area (Å²) in [5.74, 6) is -0.165. The molecule has 8 nitrogen and oxygen atoms in total. The molecule has 0 saturated carbocycles. The van der Waals surface area contributed by atoms with Gasteiger partial charge in [0.15, 0.2) is 11.3 Å². The van der Waals surface area contributed by atoms with E-state index in [0.717, 1.165) is 109 Å². The molecule has 15 rings (SSSR count). The monoisotopic (exact) mass is 772 g/mol. The molecule has 6 aromatic carbocycles. The molecule has 7 aliphatic rings. The van der Waals surface area contributed by atoms with E-state index in [9.17, 15) is 5.11 Å². The topological polar surface area (TPSA) is 112 Å². The number of nitrogens with one attached hydrogen (secondary N) is 3. The fourth-order valence-corrected chi connectivity index (χ4v) is 12.0. The number of aryl methyl sites for hydroxylation is 4. The largest absolute Gasteiger partial charge is 0.506 e. The number of aliphatic hydroxyl groups is 1. The van der Waals surface area contributed by atoms with Crippen LogP contribution in [0.4, 0.5) is 17.1 Å². The number of aromatic nitrogens is 2. The highest BCUT2D eigenvalue weighted by atomic mass is 16.3. The number of fused-ring (bicyclic) bond motifs is 10. The minimum atomic E-state index is -0.962. The number of ketones is 1. The lowest BCUT2D eigenvalue weighted by molar-refractivity contribution is -0.109. The van der Waals surface area contributed by atoms with E-state index in [-0.39, 0.29) is 11.5 Å². The van der Waals surface area contributed by atoms with E-state index in [1.165, 1.54) is 33.0 Å². The molecule has 2 aromatic heterocycles. The number of benzene rings is 6. The highest BCUT2D eigenvalue weighted by molar-refractivity contribution is 6.52. The first kappa shape index (κ1) is 31.4. The second kappa shape index (κ2) is 10.3. The van der Waals surface area contributed by atoms with E-state index in [0.29, 0.717) is 16.4 Å². The molecule has 2 aliphatic heterocycles. The van der Waals surface area contributed by atoms with Crippen LogP contribution in [0, 0.1) is 0 Å². The molecule has 60 heavy (non-hydrogen) atoms. The van der Waals surface area contributed by atoms with Crippen LogP contribution >= 0.6 is 0 Å². The summed E-state index contributed by atoms with van der Waals surface area (Å²) in [6, 6.07) is 38.0. The van der Waals surface area contributed by atoms with Crippen LogP contribution < -0.4 is 26.5 Å². The fourth-order valence-electron chi connectivity index (χ4n) is 12.0. The van der Waals surface area contributed by atoms with E-state index in [4.69, 9.17) is 15.0 Å². The SMILES string of the molecule is O=C1C(c2cc3c4c(ccc5c4c2NC2(N5)c4ccccc4-c4ncccc42)CC3)=C(O)C1=c1cc2c3c(ccc4c3c1=NC1(N4)c3ccccc3-c3ncccc31)CC2. The molecule has 0 radical (unpaired) electrons. The van der Waals surface area contributed by atoms with E-state index in [1.807, 2.05) is 36.7 Å². The van der Waals surface area contributed by atoms with Gasteiger partial charge in [-0.2, -0.15) is 0 Å². The number of Topliss-reactive ketones (excluding diaryl/α,β-unsaturated/α-hetero) is 1. The highest BCUT2D eigenvalue weighted by Gasteiger charge is 2.50. The highest BCUT2D eigenvalue weighted by Crippen LogP contribution is 2.57. The maximum atomic E-state index is 15.3. The van der Waals surface area contributed by atoms with Crippen molar-refractivity contribution in [1.29, 1.82) is 0 Å². The van der Waals surface area contributed by atoms with E-state index in [2.05, 4.69) is 101 Å². The zero-order valence-electron chi connectivity index (χ0n) is 32.1. The maximum Gasteiger partial charge on any atom is 0.201 e. The van der Waals surface area contributed by atoms with Crippen molar-refractivity contribution in [3.8, 4) is 22.5 Å². The molecule has 0 saturated heterocycles. The number of anilines is 3. The summed E-state index contributed by atoms with van der Waals surface area (Å²) in [7, 11) is 0. The number of nitrogens with zero attached hydrogens (tertiary/aromatic N) is 3. The van der Waals surface area contributed by atoms with Crippen LogP contribution in [0.3, 0.4) is 0 Å². The van der Waals surface area contributed by atoms with E-state index < -0.39 is 11.3 Å². The molecule has 4 heterocycles. The Morgan fingerprint density at radius 3 is 1.92 bits per heavy atom. The lowest BCUT2D eigenvalue weighted by atomic mass is 9.78. The maximum absolute atomic E-state index is 15.3. The third kappa shape index (κ3) is 3.47. The molecule has 5 aliphatic carbocycles. The molecule has 2 spiro atoms. The number of rotatable bonds is 1. The number of carbonyl (C=O) groups excluding carboxylic acids is 1. The third-order valence-electron chi connectivity index (χ3n) is 14.5. The zero-order chi connectivity index (χ0) is 39.2. The van der Waals surface area contributed by atoms with Gasteiger partial charge in [-0.3, -0.25) is 14.8 Å². The van der Waals surface area contributed by atoms with Gasteiger partial charge in [-0.05, 0) is 95.1 Å². The fraction of sp³-hybridized carbons (Fsp3) is 0.115. The van der Waals surface area contributed by atoms with E-state index >= 15 is 4.79 Å². The Morgan fingerprint density at radius 1 is 0.533 bits per heavy atom. The van der Waals surface area contributed by atoms with Crippen molar-refractivity contribution < 1.29 is 9.90 Å². The summed E-state index contributed by atoms with van der Waals surface area (Å²) in [6.45, 7) is 0. The number of aliphatic hydroxyl groups excluding tert-OH is 1. The minimum absolute atomic E-state index is 0.0111.